The predicted octanol–water partition coefficient (Wildman–Crippen LogP) is 4.56. The van der Waals surface area contributed by atoms with Crippen LogP contribution in [0.5, 0.6) is 0 Å². The third-order valence-electron chi connectivity index (χ3n) is 6.04. The molecule has 0 saturated carbocycles. The van der Waals surface area contributed by atoms with E-state index in [0.29, 0.717) is 6.54 Å². The highest BCUT2D eigenvalue weighted by Crippen LogP contribution is 2.40. The van der Waals surface area contributed by atoms with E-state index in [1.807, 2.05) is 31.3 Å². The first kappa shape index (κ1) is 20.2. The molecule has 3 aromatic heterocycles. The Morgan fingerprint density at radius 3 is 2.71 bits per heavy atom. The summed E-state index contributed by atoms with van der Waals surface area (Å²) in [5, 5.41) is 12.2. The number of nitrogens with zero attached hydrogens (tertiary/aromatic N) is 3. The second kappa shape index (κ2) is 8.40. The zero-order valence-corrected chi connectivity index (χ0v) is 18.9. The molecule has 1 aromatic carbocycles. The molecule has 6 nitrogen and oxygen atoms in total. The largest absolute Gasteiger partial charge is 0.368 e. The van der Waals surface area contributed by atoms with Crippen molar-refractivity contribution in [2.24, 2.45) is 5.73 Å². The lowest BCUT2D eigenvalue weighted by Gasteiger charge is -2.16. The molecule has 4 N–H and O–H groups in total. The van der Waals surface area contributed by atoms with E-state index in [4.69, 9.17) is 15.7 Å². The van der Waals surface area contributed by atoms with E-state index < -0.39 is 0 Å². The number of fused-ring (bicyclic) bond motifs is 3. The lowest BCUT2D eigenvalue weighted by atomic mass is 9.97. The molecule has 1 aliphatic carbocycles. The molecule has 7 heteroatoms. The van der Waals surface area contributed by atoms with Crippen LogP contribution in [0.3, 0.4) is 0 Å². The molecule has 31 heavy (non-hydrogen) atoms. The highest BCUT2D eigenvalue weighted by molar-refractivity contribution is 7.19. The van der Waals surface area contributed by atoms with Crippen molar-refractivity contribution in [3.05, 3.63) is 57.7 Å². The minimum atomic E-state index is 0.00252. The second-order valence-electron chi connectivity index (χ2n) is 8.43. The van der Waals surface area contributed by atoms with Gasteiger partial charge in [-0.15, -0.1) is 11.3 Å². The van der Waals surface area contributed by atoms with Crippen LogP contribution in [0, 0.1) is 13.8 Å². The molecule has 1 aliphatic rings. The summed E-state index contributed by atoms with van der Waals surface area (Å²) in [7, 11) is 0. The van der Waals surface area contributed by atoms with Crippen LogP contribution >= 0.6 is 11.3 Å². The van der Waals surface area contributed by atoms with Gasteiger partial charge in [0.2, 0.25) is 0 Å². The Bertz CT molecular complexity index is 1190. The van der Waals surface area contributed by atoms with Crippen molar-refractivity contribution in [2.75, 3.05) is 11.9 Å². The molecule has 0 radical (unpaired) electrons. The lowest BCUT2D eigenvalue weighted by Crippen LogP contribution is -2.31. The maximum Gasteiger partial charge on any atom is 0.166 e. The van der Waals surface area contributed by atoms with Gasteiger partial charge >= 0.3 is 0 Å². The van der Waals surface area contributed by atoms with Gasteiger partial charge in [-0.25, -0.2) is 9.97 Å². The first-order valence-corrected chi connectivity index (χ1v) is 11.8. The number of hydrogen-bond acceptors (Lipinski definition) is 6. The van der Waals surface area contributed by atoms with E-state index in [0.717, 1.165) is 52.7 Å². The van der Waals surface area contributed by atoms with Gasteiger partial charge in [0.1, 0.15) is 10.6 Å². The fourth-order valence-corrected chi connectivity index (χ4v) is 5.76. The molecule has 4 aromatic rings. The summed E-state index contributed by atoms with van der Waals surface area (Å²) < 4.78 is 0. The van der Waals surface area contributed by atoms with Gasteiger partial charge in [-0.2, -0.15) is 5.10 Å². The molecule has 0 aliphatic heterocycles. The number of nitrogens with two attached hydrogens (primary N) is 1. The fraction of sp³-hybridized carbons (Fsp3) is 0.375. The normalized spacial score (nSPS) is 14.5. The Morgan fingerprint density at radius 2 is 1.94 bits per heavy atom. The number of hydrogen-bond donors (Lipinski definition) is 3. The van der Waals surface area contributed by atoms with Gasteiger partial charge in [-0.1, -0.05) is 30.3 Å². The van der Waals surface area contributed by atoms with E-state index >= 15 is 0 Å². The molecule has 0 bridgehead atoms. The minimum Gasteiger partial charge on any atom is -0.368 e. The van der Waals surface area contributed by atoms with Crippen molar-refractivity contribution >= 4 is 27.4 Å². The molecule has 5 rings (SSSR count). The molecule has 0 fully saturated rings. The minimum absolute atomic E-state index is 0.00252. The number of benzene rings is 1. The summed E-state index contributed by atoms with van der Waals surface area (Å²) in [6.45, 7) is 4.67. The van der Waals surface area contributed by atoms with Gasteiger partial charge in [0.05, 0.1) is 16.6 Å². The van der Waals surface area contributed by atoms with Crippen LogP contribution in [0.15, 0.2) is 30.3 Å². The molecule has 3 heterocycles. The van der Waals surface area contributed by atoms with Crippen molar-refractivity contribution in [1.29, 1.82) is 0 Å². The average molecular weight is 433 g/mol. The zero-order valence-electron chi connectivity index (χ0n) is 18.0. The Morgan fingerprint density at radius 1 is 1.13 bits per heavy atom. The fourth-order valence-electron chi connectivity index (χ4n) is 4.49. The predicted molar refractivity (Wildman–Crippen MR) is 128 cm³/mol. The molecule has 1 atom stereocenters. The number of anilines is 1. The summed E-state index contributed by atoms with van der Waals surface area (Å²) in [5.74, 6) is 1.64. The smallest absolute Gasteiger partial charge is 0.166 e. The summed E-state index contributed by atoms with van der Waals surface area (Å²) in [5.41, 5.74) is 12.1. The first-order chi connectivity index (χ1) is 15.1. The maximum atomic E-state index is 6.47. The standard InChI is InChI=1S/C24H28N6S/c1-14-20(15(2)30-29-14)23-27-22(26-13-17(25)12-16-8-4-3-5-9-16)21-18-10-6-7-11-19(18)31-24(21)28-23/h3-5,8-9,17H,6-7,10-13,25H2,1-2H3,(H,29,30)(H,26,27,28)/t17-/m0/s1. The molecular formula is C24H28N6S. The Kier molecular flexibility index (Phi) is 5.46. The van der Waals surface area contributed by atoms with Gasteiger partial charge in [0, 0.05) is 23.2 Å². The number of nitrogens with one attached hydrogen (secondary N) is 2. The van der Waals surface area contributed by atoms with E-state index in [9.17, 15) is 0 Å². The highest BCUT2D eigenvalue weighted by Gasteiger charge is 2.23. The summed E-state index contributed by atoms with van der Waals surface area (Å²) in [6, 6.07) is 10.4. The molecule has 0 spiro atoms. The molecule has 0 saturated heterocycles. The quantitative estimate of drug-likeness (QED) is 0.415. The monoisotopic (exact) mass is 432 g/mol. The zero-order chi connectivity index (χ0) is 21.4. The van der Waals surface area contributed by atoms with Crippen LogP contribution in [-0.4, -0.2) is 32.8 Å². The number of aromatic nitrogens is 4. The molecule has 160 valence electrons. The van der Waals surface area contributed by atoms with Gasteiger partial charge in [-0.05, 0) is 57.1 Å². The van der Waals surface area contributed by atoms with Crippen LogP contribution in [0.2, 0.25) is 0 Å². The third kappa shape index (κ3) is 3.95. The second-order valence-corrected chi connectivity index (χ2v) is 9.51. The Labute approximate surface area is 186 Å². The molecular weight excluding hydrogens is 404 g/mol. The third-order valence-corrected chi connectivity index (χ3v) is 7.22. The van der Waals surface area contributed by atoms with E-state index in [2.05, 4.69) is 39.8 Å². The maximum absolute atomic E-state index is 6.47. The van der Waals surface area contributed by atoms with Gasteiger partial charge in [-0.3, -0.25) is 5.10 Å². The van der Waals surface area contributed by atoms with Crippen molar-refractivity contribution in [1.82, 2.24) is 20.2 Å². The van der Waals surface area contributed by atoms with Gasteiger partial charge in [0.25, 0.3) is 0 Å². The summed E-state index contributed by atoms with van der Waals surface area (Å²) in [4.78, 5) is 12.5. The van der Waals surface area contributed by atoms with E-state index in [1.54, 1.807) is 0 Å². The molecule has 0 amide bonds. The van der Waals surface area contributed by atoms with Crippen LogP contribution < -0.4 is 11.1 Å². The average Bonchev–Trinajstić information content (AvgIpc) is 3.31. The van der Waals surface area contributed by atoms with Crippen molar-refractivity contribution < 1.29 is 0 Å². The van der Waals surface area contributed by atoms with Crippen molar-refractivity contribution in [3.63, 3.8) is 0 Å². The number of aromatic amines is 1. The van der Waals surface area contributed by atoms with E-state index in [1.165, 1.54) is 34.2 Å². The van der Waals surface area contributed by atoms with Gasteiger partial charge < -0.3 is 11.1 Å². The van der Waals surface area contributed by atoms with Gasteiger partial charge in [0.15, 0.2) is 5.82 Å². The molecule has 0 unspecified atom stereocenters. The Balaban J connectivity index is 1.51. The van der Waals surface area contributed by atoms with Crippen LogP contribution in [0.25, 0.3) is 21.6 Å². The lowest BCUT2D eigenvalue weighted by molar-refractivity contribution is 0.695. The highest BCUT2D eigenvalue weighted by atomic mass is 32.1. The topological polar surface area (TPSA) is 92.5 Å². The number of rotatable bonds is 6. The Hall–Kier alpha value is -2.77. The van der Waals surface area contributed by atoms with Crippen LogP contribution in [0.1, 0.15) is 40.2 Å². The first-order valence-electron chi connectivity index (χ1n) is 11.0. The summed E-state index contributed by atoms with van der Waals surface area (Å²) in [6.07, 6.45) is 5.56. The number of H-pyrrole nitrogens is 1. The van der Waals surface area contributed by atoms with Crippen molar-refractivity contribution in [2.45, 2.75) is 52.0 Å². The number of aryl methyl sites for hydroxylation is 4. The SMILES string of the molecule is Cc1n[nH]c(C)c1-c1nc(NC[C@@H](N)Cc2ccccc2)c2c3c(sc2n1)CCCC3. The van der Waals surface area contributed by atoms with Crippen LogP contribution in [0.4, 0.5) is 5.82 Å². The van der Waals surface area contributed by atoms with Crippen LogP contribution in [-0.2, 0) is 19.3 Å². The summed E-state index contributed by atoms with van der Waals surface area (Å²) >= 11 is 1.82. The number of thiophene rings is 1. The van der Waals surface area contributed by atoms with Crippen molar-refractivity contribution in [3.8, 4) is 11.4 Å². The van der Waals surface area contributed by atoms with E-state index in [-0.39, 0.29) is 6.04 Å².